The lowest BCUT2D eigenvalue weighted by molar-refractivity contribution is -0.661. The molecule has 1 aromatic carbocycles. The van der Waals surface area contributed by atoms with Gasteiger partial charge in [0.2, 0.25) is 11.4 Å². The minimum Gasteiger partial charge on any atom is -0.265 e. The van der Waals surface area contributed by atoms with E-state index in [1.807, 2.05) is 12.4 Å². The topological polar surface area (TPSA) is 16.8 Å². The van der Waals surface area contributed by atoms with Gasteiger partial charge < -0.3 is 0 Å². The molecule has 0 saturated carbocycles. The quantitative estimate of drug-likeness (QED) is 0.471. The molecule has 2 aromatic heterocycles. The molecule has 0 saturated heterocycles. The summed E-state index contributed by atoms with van der Waals surface area (Å²) in [5, 5.41) is 0. The molecule has 0 N–H and O–H groups in total. The van der Waals surface area contributed by atoms with Gasteiger partial charge in [-0.1, -0.05) is 18.2 Å². The summed E-state index contributed by atoms with van der Waals surface area (Å²) in [6.07, 6.45) is 3.69. The van der Waals surface area contributed by atoms with Crippen molar-refractivity contribution in [3.8, 4) is 22.5 Å². The number of pyridine rings is 2. The summed E-state index contributed by atoms with van der Waals surface area (Å²) in [5.74, 6) is 0. The molecule has 2 nitrogen and oxygen atoms in total. The van der Waals surface area contributed by atoms with E-state index in [1.54, 1.807) is 0 Å². The fourth-order valence-corrected chi connectivity index (χ4v) is 2.80. The summed E-state index contributed by atoms with van der Waals surface area (Å²) in [4.78, 5) is 4.09. The molecule has 0 spiro atoms. The Labute approximate surface area is 112 Å². The molecular weight excluding hydrogens is 232 g/mol. The second-order valence-electron chi connectivity index (χ2n) is 4.78. The average Bonchev–Trinajstić information content (AvgIpc) is 2.87. The molecule has 1 aliphatic heterocycles. The summed E-state index contributed by atoms with van der Waals surface area (Å²) in [7, 11) is 0. The van der Waals surface area contributed by atoms with Gasteiger partial charge in [0, 0.05) is 35.7 Å². The number of aromatic nitrogens is 2. The van der Waals surface area contributed by atoms with Gasteiger partial charge in [-0.2, -0.15) is 4.57 Å². The second-order valence-corrected chi connectivity index (χ2v) is 4.78. The highest BCUT2D eigenvalue weighted by Crippen LogP contribution is 2.28. The Balaban J connectivity index is 1.95. The molecule has 0 bridgehead atoms. The van der Waals surface area contributed by atoms with Crippen molar-refractivity contribution < 1.29 is 4.57 Å². The van der Waals surface area contributed by atoms with E-state index in [0.29, 0.717) is 0 Å². The molecule has 0 fully saturated rings. The molecule has 0 aliphatic carbocycles. The Morgan fingerprint density at radius 2 is 1.58 bits per heavy atom. The van der Waals surface area contributed by atoms with Crippen molar-refractivity contribution in [2.24, 2.45) is 0 Å². The fourth-order valence-electron chi connectivity index (χ4n) is 2.80. The maximum absolute atomic E-state index is 4.09. The van der Waals surface area contributed by atoms with Crippen molar-refractivity contribution in [2.75, 3.05) is 0 Å². The molecular formula is C17H13N2+. The van der Waals surface area contributed by atoms with Crippen molar-refractivity contribution in [1.29, 1.82) is 0 Å². The van der Waals surface area contributed by atoms with E-state index in [0.717, 1.165) is 6.54 Å². The summed E-state index contributed by atoms with van der Waals surface area (Å²) in [5.41, 5.74) is 6.49. The lowest BCUT2D eigenvalue weighted by atomic mass is 10.1. The Hall–Kier alpha value is -2.48. The first kappa shape index (κ1) is 10.4. The molecule has 90 valence electrons. The highest BCUT2D eigenvalue weighted by molar-refractivity contribution is 5.66. The maximum atomic E-state index is 4.09. The molecule has 19 heavy (non-hydrogen) atoms. The van der Waals surface area contributed by atoms with Crippen LogP contribution in [0, 0.1) is 0 Å². The van der Waals surface area contributed by atoms with Crippen LogP contribution in [0.5, 0.6) is 0 Å². The number of benzene rings is 1. The Bertz CT molecular complexity index is 748. The van der Waals surface area contributed by atoms with Crippen LogP contribution in [-0.2, 0) is 6.54 Å². The number of hydrogen-bond donors (Lipinski definition) is 0. The van der Waals surface area contributed by atoms with E-state index >= 15 is 0 Å². The van der Waals surface area contributed by atoms with E-state index in [-0.39, 0.29) is 0 Å². The minimum atomic E-state index is 0.948. The highest BCUT2D eigenvalue weighted by Gasteiger charge is 2.28. The largest absolute Gasteiger partial charge is 0.265 e. The zero-order valence-electron chi connectivity index (χ0n) is 10.5. The number of hydrogen-bond acceptors (Lipinski definition) is 1. The van der Waals surface area contributed by atoms with E-state index in [4.69, 9.17) is 0 Å². The molecule has 0 atom stereocenters. The summed E-state index contributed by atoms with van der Waals surface area (Å²) < 4.78 is 2.38. The van der Waals surface area contributed by atoms with Crippen molar-refractivity contribution in [3.05, 3.63) is 72.6 Å². The minimum absolute atomic E-state index is 0.948. The van der Waals surface area contributed by atoms with Crippen molar-refractivity contribution in [3.63, 3.8) is 0 Å². The summed E-state index contributed by atoms with van der Waals surface area (Å²) >= 11 is 0. The fraction of sp³-hybridized carbons (Fsp3) is 0.0588. The first-order valence-corrected chi connectivity index (χ1v) is 6.45. The van der Waals surface area contributed by atoms with E-state index < -0.39 is 0 Å². The third-order valence-corrected chi connectivity index (χ3v) is 3.69. The van der Waals surface area contributed by atoms with E-state index in [9.17, 15) is 0 Å². The van der Waals surface area contributed by atoms with Gasteiger partial charge in [-0.25, -0.2) is 0 Å². The molecule has 0 amide bonds. The first-order valence-electron chi connectivity index (χ1n) is 6.45. The Morgan fingerprint density at radius 1 is 0.789 bits per heavy atom. The van der Waals surface area contributed by atoms with Crippen LogP contribution in [0.15, 0.2) is 67.0 Å². The lowest BCUT2D eigenvalue weighted by Gasteiger charge is -2.01. The van der Waals surface area contributed by atoms with Crippen LogP contribution >= 0.6 is 0 Å². The molecule has 4 rings (SSSR count). The molecule has 3 aromatic rings. The second kappa shape index (κ2) is 4.02. The van der Waals surface area contributed by atoms with Gasteiger partial charge in [0.15, 0.2) is 6.54 Å². The van der Waals surface area contributed by atoms with Gasteiger partial charge in [0.1, 0.15) is 0 Å². The predicted octanol–water partition coefficient (Wildman–Crippen LogP) is 3.06. The van der Waals surface area contributed by atoms with Gasteiger partial charge in [-0.05, 0) is 24.3 Å². The number of rotatable bonds is 1. The van der Waals surface area contributed by atoms with Gasteiger partial charge in [0.05, 0.1) is 5.56 Å². The average molecular weight is 245 g/mol. The molecule has 1 aliphatic rings. The Morgan fingerprint density at radius 3 is 2.47 bits per heavy atom. The predicted molar refractivity (Wildman–Crippen MR) is 74.4 cm³/mol. The van der Waals surface area contributed by atoms with Gasteiger partial charge in [0.25, 0.3) is 0 Å². The van der Waals surface area contributed by atoms with Gasteiger partial charge in [-0.3, -0.25) is 4.98 Å². The van der Waals surface area contributed by atoms with Crippen LogP contribution in [0.3, 0.4) is 0 Å². The summed E-state index contributed by atoms with van der Waals surface area (Å²) in [6, 6.07) is 19.2. The number of fused-ring (bicyclic) bond motifs is 3. The van der Waals surface area contributed by atoms with Crippen LogP contribution < -0.4 is 4.57 Å². The van der Waals surface area contributed by atoms with Crippen molar-refractivity contribution >= 4 is 0 Å². The zero-order valence-corrected chi connectivity index (χ0v) is 10.5. The van der Waals surface area contributed by atoms with Crippen LogP contribution in [0.2, 0.25) is 0 Å². The van der Waals surface area contributed by atoms with Crippen LogP contribution in [0.4, 0.5) is 0 Å². The third kappa shape index (κ3) is 1.57. The first-order chi connectivity index (χ1) is 9.43. The van der Waals surface area contributed by atoms with Crippen LogP contribution in [-0.4, -0.2) is 4.98 Å². The standard InChI is InChI=1S/C17H13N2/c1-2-5-15-14(4-1)12-19-16(6-3-7-17(15)19)13-8-10-18-11-9-13/h1-11H,12H2/q+1. The van der Waals surface area contributed by atoms with Crippen LogP contribution in [0.1, 0.15) is 5.56 Å². The number of nitrogens with zero attached hydrogens (tertiary/aromatic N) is 2. The van der Waals surface area contributed by atoms with E-state index in [1.165, 1.54) is 28.1 Å². The lowest BCUT2D eigenvalue weighted by Crippen LogP contribution is -2.35. The molecule has 3 heterocycles. The molecule has 0 radical (unpaired) electrons. The molecule has 0 unspecified atom stereocenters. The van der Waals surface area contributed by atoms with Gasteiger partial charge in [-0.15, -0.1) is 0 Å². The maximum Gasteiger partial charge on any atom is 0.213 e. The van der Waals surface area contributed by atoms with Crippen molar-refractivity contribution in [2.45, 2.75) is 6.54 Å². The third-order valence-electron chi connectivity index (χ3n) is 3.69. The normalized spacial score (nSPS) is 12.0. The Kier molecular flexibility index (Phi) is 2.21. The summed E-state index contributed by atoms with van der Waals surface area (Å²) in [6.45, 7) is 0.948. The van der Waals surface area contributed by atoms with Gasteiger partial charge >= 0.3 is 0 Å². The van der Waals surface area contributed by atoms with Crippen molar-refractivity contribution in [1.82, 2.24) is 4.98 Å². The zero-order chi connectivity index (χ0) is 12.7. The monoisotopic (exact) mass is 245 g/mol. The van der Waals surface area contributed by atoms with Crippen LogP contribution in [0.25, 0.3) is 22.5 Å². The molecule has 2 heteroatoms. The highest BCUT2D eigenvalue weighted by atomic mass is 15.0. The SMILES string of the molecule is c1ccc2c(c1)C[n+]1c(-c3ccncc3)cccc1-2. The smallest absolute Gasteiger partial charge is 0.213 e. The van der Waals surface area contributed by atoms with E-state index in [2.05, 4.69) is 64.1 Å².